The van der Waals surface area contributed by atoms with Crippen LogP contribution in [-0.4, -0.2) is 43.3 Å². The summed E-state index contributed by atoms with van der Waals surface area (Å²) in [4.78, 5) is 26.7. The van der Waals surface area contributed by atoms with Crippen molar-refractivity contribution in [1.29, 1.82) is 0 Å². The Balaban J connectivity index is 1.67. The Morgan fingerprint density at radius 3 is 2.28 bits per heavy atom. The van der Waals surface area contributed by atoms with Crippen molar-refractivity contribution in [2.45, 2.75) is 78.1 Å². The third-order valence-electron chi connectivity index (χ3n) is 6.70. The fourth-order valence-electron chi connectivity index (χ4n) is 4.61. The van der Waals surface area contributed by atoms with Crippen LogP contribution in [0.3, 0.4) is 0 Å². The average molecular weight is 548 g/mol. The lowest BCUT2D eigenvalue weighted by atomic mass is 9.73. The van der Waals surface area contributed by atoms with Crippen LogP contribution in [0.5, 0.6) is 5.75 Å². The van der Waals surface area contributed by atoms with Crippen molar-refractivity contribution < 1.29 is 27.5 Å². The normalized spacial score (nSPS) is 17.1. The highest BCUT2D eigenvalue weighted by molar-refractivity contribution is 5.96. The number of carbonyl (C=O) groups excluding carboxylic acids is 2. The van der Waals surface area contributed by atoms with Crippen molar-refractivity contribution in [3.05, 3.63) is 48.5 Å². The van der Waals surface area contributed by atoms with E-state index in [-0.39, 0.29) is 36.9 Å². The highest BCUT2D eigenvalue weighted by atomic mass is 19.4. The maximum Gasteiger partial charge on any atom is 0.391 e. The van der Waals surface area contributed by atoms with Crippen molar-refractivity contribution >= 4 is 17.6 Å². The predicted molar refractivity (Wildman–Crippen MR) is 148 cm³/mol. The van der Waals surface area contributed by atoms with Crippen LogP contribution in [0.2, 0.25) is 0 Å². The Labute approximate surface area is 229 Å². The van der Waals surface area contributed by atoms with Gasteiger partial charge < -0.3 is 20.3 Å². The molecule has 1 aliphatic rings. The number of anilines is 1. The number of benzene rings is 2. The second-order valence-corrected chi connectivity index (χ2v) is 10.8. The second kappa shape index (κ2) is 13.7. The van der Waals surface area contributed by atoms with E-state index in [1.165, 1.54) is 0 Å². The molecule has 2 aromatic carbocycles. The van der Waals surface area contributed by atoms with Gasteiger partial charge in [-0.3, -0.25) is 4.79 Å². The van der Waals surface area contributed by atoms with Crippen LogP contribution >= 0.6 is 0 Å². The van der Waals surface area contributed by atoms with E-state index in [0.29, 0.717) is 25.2 Å². The maximum absolute atomic E-state index is 13.4. The van der Waals surface area contributed by atoms with E-state index in [4.69, 9.17) is 4.74 Å². The van der Waals surface area contributed by atoms with Crippen LogP contribution in [0.1, 0.15) is 59.8 Å². The molecule has 9 heteroatoms. The van der Waals surface area contributed by atoms with Gasteiger partial charge in [0.05, 0.1) is 12.0 Å². The number of alkyl halides is 3. The molecule has 6 nitrogen and oxygen atoms in total. The van der Waals surface area contributed by atoms with E-state index in [1.807, 2.05) is 76.2 Å². The van der Waals surface area contributed by atoms with Crippen LogP contribution < -0.4 is 20.3 Å². The Bertz CT molecular complexity index is 1080. The molecule has 3 rings (SSSR count). The first-order chi connectivity index (χ1) is 18.4. The van der Waals surface area contributed by atoms with Gasteiger partial charge in [-0.2, -0.15) is 13.2 Å². The van der Waals surface area contributed by atoms with Gasteiger partial charge in [0.1, 0.15) is 5.75 Å². The molecular weight excluding hydrogens is 507 g/mol. The van der Waals surface area contributed by atoms with Crippen LogP contribution in [-0.2, 0) is 4.79 Å². The summed E-state index contributed by atoms with van der Waals surface area (Å²) < 4.78 is 45.0. The van der Waals surface area contributed by atoms with Crippen LogP contribution in [0.4, 0.5) is 23.7 Å². The van der Waals surface area contributed by atoms with Gasteiger partial charge in [-0.15, -0.1) is 0 Å². The minimum atomic E-state index is -4.26. The van der Waals surface area contributed by atoms with Gasteiger partial charge in [-0.25, -0.2) is 4.79 Å². The third-order valence-corrected chi connectivity index (χ3v) is 6.70. The zero-order valence-corrected chi connectivity index (χ0v) is 23.2. The van der Waals surface area contributed by atoms with E-state index in [1.54, 1.807) is 4.90 Å². The second-order valence-electron chi connectivity index (χ2n) is 10.8. The number of ether oxygens (including phenoxy) is 1. The monoisotopic (exact) mass is 547 g/mol. The van der Waals surface area contributed by atoms with Gasteiger partial charge in [0.15, 0.2) is 0 Å². The number of halogens is 3. The molecule has 0 aliphatic heterocycles. The van der Waals surface area contributed by atoms with Crippen molar-refractivity contribution in [2.75, 3.05) is 18.0 Å². The molecule has 2 N–H and O–H groups in total. The Morgan fingerprint density at radius 2 is 1.67 bits per heavy atom. The summed E-state index contributed by atoms with van der Waals surface area (Å²) in [5.74, 6) is -1.53. The topological polar surface area (TPSA) is 70.7 Å². The molecule has 0 spiro atoms. The Kier molecular flexibility index (Phi) is 10.7. The molecule has 0 saturated heterocycles. The lowest BCUT2D eigenvalue weighted by molar-refractivity contribution is -0.204. The molecule has 214 valence electrons. The quantitative estimate of drug-likeness (QED) is 0.283. The third kappa shape index (κ3) is 9.18. The summed E-state index contributed by atoms with van der Waals surface area (Å²) in [5, 5.41) is 5.57. The number of carbonyl (C=O) groups is 2. The summed E-state index contributed by atoms with van der Waals surface area (Å²) in [6, 6.07) is 15.1. The van der Waals surface area contributed by atoms with Gasteiger partial charge in [-0.05, 0) is 95.2 Å². The molecule has 1 saturated carbocycles. The predicted octanol–water partition coefficient (Wildman–Crippen LogP) is 6.94. The van der Waals surface area contributed by atoms with E-state index in [2.05, 4.69) is 10.6 Å². The standard InChI is InChI=1S/C30H40F3N3O3/c1-20(2)35-29(38)34-15-6-5-7-16-36(28(37)24-17-25(18-24)30(31,32)33)26-10-8-9-23(19-26)22-11-13-27(14-12-22)39-21(3)4/h8-14,19-21,24-25H,5-7,15-18H2,1-4H3,(H2,34,35,38). The summed E-state index contributed by atoms with van der Waals surface area (Å²) in [5.41, 5.74) is 2.53. The highest BCUT2D eigenvalue weighted by Crippen LogP contribution is 2.45. The van der Waals surface area contributed by atoms with Crippen molar-refractivity contribution in [3.8, 4) is 16.9 Å². The number of amides is 3. The number of hydrogen-bond acceptors (Lipinski definition) is 3. The molecule has 0 radical (unpaired) electrons. The van der Waals surface area contributed by atoms with Crippen LogP contribution in [0.15, 0.2) is 48.5 Å². The molecular formula is C30H40F3N3O3. The smallest absolute Gasteiger partial charge is 0.391 e. The van der Waals surface area contributed by atoms with Crippen LogP contribution in [0, 0.1) is 11.8 Å². The summed E-state index contributed by atoms with van der Waals surface area (Å²) in [6.45, 7) is 8.60. The highest BCUT2D eigenvalue weighted by Gasteiger charge is 2.50. The lowest BCUT2D eigenvalue weighted by Crippen LogP contribution is -2.46. The molecule has 3 amide bonds. The van der Waals surface area contributed by atoms with Gasteiger partial charge in [0.2, 0.25) is 5.91 Å². The van der Waals surface area contributed by atoms with E-state index in [9.17, 15) is 22.8 Å². The Hall–Kier alpha value is -3.23. The summed E-state index contributed by atoms with van der Waals surface area (Å²) >= 11 is 0. The number of rotatable bonds is 12. The summed E-state index contributed by atoms with van der Waals surface area (Å²) in [6.07, 6.45) is -2.36. The maximum atomic E-state index is 13.4. The first-order valence-corrected chi connectivity index (χ1v) is 13.7. The molecule has 0 atom stereocenters. The van der Waals surface area contributed by atoms with E-state index in [0.717, 1.165) is 29.7 Å². The molecule has 1 aliphatic carbocycles. The van der Waals surface area contributed by atoms with Gasteiger partial charge in [0, 0.05) is 30.7 Å². The minimum Gasteiger partial charge on any atom is -0.491 e. The van der Waals surface area contributed by atoms with E-state index < -0.39 is 18.0 Å². The van der Waals surface area contributed by atoms with Crippen LogP contribution in [0.25, 0.3) is 11.1 Å². The van der Waals surface area contributed by atoms with E-state index >= 15 is 0 Å². The van der Waals surface area contributed by atoms with Crippen molar-refractivity contribution in [3.63, 3.8) is 0 Å². The molecule has 0 aromatic heterocycles. The zero-order chi connectivity index (χ0) is 28.6. The lowest BCUT2D eigenvalue weighted by Gasteiger charge is -2.38. The van der Waals surface area contributed by atoms with Gasteiger partial charge in [0.25, 0.3) is 0 Å². The largest absolute Gasteiger partial charge is 0.491 e. The number of hydrogen-bond donors (Lipinski definition) is 2. The van der Waals surface area contributed by atoms with Gasteiger partial charge >= 0.3 is 12.2 Å². The van der Waals surface area contributed by atoms with Crippen molar-refractivity contribution in [1.82, 2.24) is 10.6 Å². The fraction of sp³-hybridized carbons (Fsp3) is 0.533. The number of nitrogens with one attached hydrogen (secondary N) is 2. The molecule has 0 heterocycles. The SMILES string of the molecule is CC(C)NC(=O)NCCCCCN(C(=O)C1CC(C(F)(F)F)C1)c1cccc(-c2ccc(OC(C)C)cc2)c1. The molecule has 0 unspecified atom stereocenters. The first-order valence-electron chi connectivity index (χ1n) is 13.7. The first kappa shape index (κ1) is 30.3. The number of urea groups is 1. The molecule has 0 bridgehead atoms. The summed E-state index contributed by atoms with van der Waals surface area (Å²) in [7, 11) is 0. The molecule has 1 fully saturated rings. The number of nitrogens with zero attached hydrogens (tertiary/aromatic N) is 1. The average Bonchev–Trinajstić information content (AvgIpc) is 2.81. The zero-order valence-electron chi connectivity index (χ0n) is 23.2. The molecule has 2 aromatic rings. The fourth-order valence-corrected chi connectivity index (χ4v) is 4.61. The Morgan fingerprint density at radius 1 is 0.974 bits per heavy atom. The minimum absolute atomic E-state index is 0.0510. The number of unbranched alkanes of at least 4 members (excludes halogenated alkanes) is 2. The molecule has 39 heavy (non-hydrogen) atoms. The van der Waals surface area contributed by atoms with Gasteiger partial charge in [-0.1, -0.05) is 24.3 Å². The van der Waals surface area contributed by atoms with Crippen molar-refractivity contribution in [2.24, 2.45) is 11.8 Å².